The van der Waals surface area contributed by atoms with Gasteiger partial charge in [-0.15, -0.1) is 0 Å². The highest BCUT2D eigenvalue weighted by Crippen LogP contribution is 2.38. The van der Waals surface area contributed by atoms with Crippen molar-refractivity contribution in [3.63, 3.8) is 0 Å². The number of halogens is 5. The van der Waals surface area contributed by atoms with Crippen molar-refractivity contribution in [3.8, 4) is 5.75 Å². The van der Waals surface area contributed by atoms with E-state index in [-0.39, 0.29) is 53.3 Å². The lowest BCUT2D eigenvalue weighted by Crippen LogP contribution is -2.47. The predicted molar refractivity (Wildman–Crippen MR) is 170 cm³/mol. The number of hydrogen-bond donors (Lipinski definition) is 0. The van der Waals surface area contributed by atoms with E-state index >= 15 is 0 Å². The Bertz CT molecular complexity index is 1680. The van der Waals surface area contributed by atoms with Gasteiger partial charge in [-0.25, -0.2) is 12.8 Å². The Morgan fingerprint density at radius 1 is 1.04 bits per heavy atom. The van der Waals surface area contributed by atoms with Crippen LogP contribution in [0.3, 0.4) is 0 Å². The van der Waals surface area contributed by atoms with E-state index in [2.05, 4.69) is 0 Å². The molecule has 5 rings (SSSR count). The zero-order valence-electron chi connectivity index (χ0n) is 25.8. The average Bonchev–Trinajstić information content (AvgIpc) is 2.99. The van der Waals surface area contributed by atoms with Crippen LogP contribution in [0.4, 0.5) is 23.2 Å². The van der Waals surface area contributed by atoms with Gasteiger partial charge in [0.2, 0.25) is 5.91 Å². The fourth-order valence-electron chi connectivity index (χ4n) is 5.31. The van der Waals surface area contributed by atoms with Gasteiger partial charge in [0.05, 0.1) is 39.9 Å². The van der Waals surface area contributed by atoms with Gasteiger partial charge in [-0.2, -0.15) is 13.2 Å². The van der Waals surface area contributed by atoms with Crippen LogP contribution in [-0.2, 0) is 25.7 Å². The SMILES string of the molecule is C/C(=C\c1ccc2c(c1)N(S(=O)(=O)c1cccc(C(F)(F)F)c1)CCO2)c1c(F)cccc1Cl.CCC(=O)N1CC(C)OC(C)C1. The minimum atomic E-state index is -4.68. The number of nitrogens with zero attached hydrogens (tertiary/aromatic N) is 2. The first-order valence-electron chi connectivity index (χ1n) is 14.6. The molecule has 2 aliphatic rings. The Hall–Kier alpha value is -3.61. The highest BCUT2D eigenvalue weighted by molar-refractivity contribution is 7.92. The lowest BCUT2D eigenvalue weighted by molar-refractivity contribution is -0.142. The Kier molecular flexibility index (Phi) is 11.1. The van der Waals surface area contributed by atoms with Crippen molar-refractivity contribution < 1.29 is 40.2 Å². The monoisotopic (exact) mass is 682 g/mol. The summed E-state index contributed by atoms with van der Waals surface area (Å²) in [4.78, 5) is 12.7. The largest absolute Gasteiger partial charge is 0.489 e. The number of amides is 1. The second-order valence-electron chi connectivity index (χ2n) is 11.0. The number of alkyl halides is 3. The van der Waals surface area contributed by atoms with Gasteiger partial charge in [0, 0.05) is 25.1 Å². The van der Waals surface area contributed by atoms with Crippen LogP contribution in [0.25, 0.3) is 11.6 Å². The van der Waals surface area contributed by atoms with E-state index in [0.29, 0.717) is 23.6 Å². The molecule has 3 aromatic carbocycles. The van der Waals surface area contributed by atoms with Crippen LogP contribution in [-0.4, -0.2) is 57.7 Å². The maximum Gasteiger partial charge on any atom is 0.416 e. The van der Waals surface area contributed by atoms with Crippen LogP contribution in [0.1, 0.15) is 50.8 Å². The summed E-state index contributed by atoms with van der Waals surface area (Å²) >= 11 is 6.13. The van der Waals surface area contributed by atoms with Gasteiger partial charge < -0.3 is 14.4 Å². The Morgan fingerprint density at radius 2 is 1.72 bits per heavy atom. The van der Waals surface area contributed by atoms with Crippen LogP contribution >= 0.6 is 11.6 Å². The minimum Gasteiger partial charge on any atom is -0.489 e. The molecular formula is C33H35ClF4N2O5S. The van der Waals surface area contributed by atoms with Crippen LogP contribution in [0.15, 0.2) is 65.6 Å². The molecule has 248 valence electrons. The summed E-state index contributed by atoms with van der Waals surface area (Å²) in [5.41, 5.74) is 0.366. The number of allylic oxidation sites excluding steroid dienone is 1. The molecule has 0 radical (unpaired) electrons. The van der Waals surface area contributed by atoms with Crippen molar-refractivity contribution >= 4 is 44.9 Å². The van der Waals surface area contributed by atoms with Gasteiger partial charge in [0.15, 0.2) is 0 Å². The van der Waals surface area contributed by atoms with Crippen molar-refractivity contribution in [2.24, 2.45) is 0 Å². The van der Waals surface area contributed by atoms with Gasteiger partial charge in [0.25, 0.3) is 10.0 Å². The number of fused-ring (bicyclic) bond motifs is 1. The summed E-state index contributed by atoms with van der Waals surface area (Å²) in [6.45, 7) is 9.01. The first-order valence-corrected chi connectivity index (χ1v) is 16.5. The maximum atomic E-state index is 14.3. The van der Waals surface area contributed by atoms with Crippen LogP contribution in [0.2, 0.25) is 5.02 Å². The maximum absolute atomic E-state index is 14.3. The minimum absolute atomic E-state index is 0.0320. The van der Waals surface area contributed by atoms with Crippen LogP contribution in [0.5, 0.6) is 5.75 Å². The molecule has 1 fully saturated rings. The van der Waals surface area contributed by atoms with E-state index < -0.39 is 32.5 Å². The Morgan fingerprint density at radius 3 is 2.35 bits per heavy atom. The van der Waals surface area contributed by atoms with Gasteiger partial charge >= 0.3 is 6.18 Å². The number of ether oxygens (including phenoxy) is 2. The highest BCUT2D eigenvalue weighted by Gasteiger charge is 2.35. The molecule has 0 N–H and O–H groups in total. The second-order valence-corrected chi connectivity index (χ2v) is 13.3. The van der Waals surface area contributed by atoms with Gasteiger partial charge in [-0.05, 0) is 74.4 Å². The lowest BCUT2D eigenvalue weighted by atomic mass is 10.0. The number of sulfonamides is 1. The van der Waals surface area contributed by atoms with Crippen molar-refractivity contribution in [1.29, 1.82) is 0 Å². The number of carbonyl (C=O) groups is 1. The molecule has 2 unspecified atom stereocenters. The molecule has 0 saturated carbocycles. The van der Waals surface area contributed by atoms with Crippen molar-refractivity contribution in [3.05, 3.63) is 88.2 Å². The van der Waals surface area contributed by atoms with E-state index in [1.807, 2.05) is 25.7 Å². The van der Waals surface area contributed by atoms with Crippen molar-refractivity contribution in [2.45, 2.75) is 57.4 Å². The lowest BCUT2D eigenvalue weighted by Gasteiger charge is -2.35. The highest BCUT2D eigenvalue weighted by atomic mass is 35.5. The molecule has 0 bridgehead atoms. The molecule has 0 aliphatic carbocycles. The molecular weight excluding hydrogens is 648 g/mol. The summed E-state index contributed by atoms with van der Waals surface area (Å²) in [5.74, 6) is -0.00572. The molecule has 2 aliphatic heterocycles. The first kappa shape index (κ1) is 35.2. The molecule has 7 nitrogen and oxygen atoms in total. The smallest absolute Gasteiger partial charge is 0.416 e. The summed E-state index contributed by atoms with van der Waals surface area (Å²) < 4.78 is 92.4. The van der Waals surface area contributed by atoms with E-state index in [4.69, 9.17) is 21.1 Å². The fourth-order valence-corrected chi connectivity index (χ4v) is 7.12. The van der Waals surface area contributed by atoms with Gasteiger partial charge in [-0.3, -0.25) is 9.10 Å². The average molecular weight is 683 g/mol. The number of carbonyl (C=O) groups excluding carboxylic acids is 1. The van der Waals surface area contributed by atoms with Gasteiger partial charge in [0.1, 0.15) is 18.2 Å². The summed E-state index contributed by atoms with van der Waals surface area (Å²) in [7, 11) is -4.32. The van der Waals surface area contributed by atoms with E-state index in [1.165, 1.54) is 18.2 Å². The zero-order chi connectivity index (χ0) is 33.8. The van der Waals surface area contributed by atoms with E-state index in [0.717, 1.165) is 35.6 Å². The number of anilines is 1. The molecule has 1 amide bonds. The third-order valence-corrected chi connectivity index (χ3v) is 9.49. The predicted octanol–water partition coefficient (Wildman–Crippen LogP) is 7.68. The van der Waals surface area contributed by atoms with Crippen molar-refractivity contribution in [2.75, 3.05) is 30.5 Å². The Balaban J connectivity index is 0.000000337. The number of morpholine rings is 1. The molecule has 0 aromatic heterocycles. The Labute approximate surface area is 271 Å². The normalized spacial score (nSPS) is 18.7. The van der Waals surface area contributed by atoms with E-state index in [9.17, 15) is 30.8 Å². The standard InChI is InChI=1S/C24H18ClF4NO3S.C9H17NO2/c1-15(23-19(25)6-3-7-20(23)26)12-16-8-9-22-21(13-16)30(10-11-33-22)34(31,32)18-5-2-4-17(14-18)24(27,28)29;1-4-9(11)10-5-7(2)12-8(3)6-10/h2-9,12-14H,10-11H2,1H3;7-8H,4-6H2,1-3H3/b15-12+;. The zero-order valence-corrected chi connectivity index (χ0v) is 27.3. The third kappa shape index (κ3) is 8.21. The number of hydrogen-bond acceptors (Lipinski definition) is 5. The molecule has 2 heterocycles. The quantitative estimate of drug-likeness (QED) is 0.204. The molecule has 46 heavy (non-hydrogen) atoms. The molecule has 0 spiro atoms. The summed E-state index contributed by atoms with van der Waals surface area (Å²) in [5, 5.41) is 0.226. The number of rotatable bonds is 5. The van der Waals surface area contributed by atoms with E-state index in [1.54, 1.807) is 31.2 Å². The van der Waals surface area contributed by atoms with Gasteiger partial charge in [-0.1, -0.05) is 42.8 Å². The number of benzene rings is 3. The summed E-state index contributed by atoms with van der Waals surface area (Å²) in [6.07, 6.45) is -2.08. The van der Waals surface area contributed by atoms with Crippen molar-refractivity contribution in [1.82, 2.24) is 4.90 Å². The fraction of sp³-hybridized carbons (Fsp3) is 0.364. The molecule has 3 aromatic rings. The molecule has 1 saturated heterocycles. The molecule has 13 heteroatoms. The van der Waals surface area contributed by atoms with Crippen LogP contribution in [0, 0.1) is 5.82 Å². The second kappa shape index (κ2) is 14.4. The topological polar surface area (TPSA) is 76.2 Å². The molecule has 2 atom stereocenters. The first-order chi connectivity index (χ1) is 21.6. The summed E-state index contributed by atoms with van der Waals surface area (Å²) in [6, 6.07) is 12.7. The third-order valence-electron chi connectivity index (χ3n) is 7.37. The van der Waals surface area contributed by atoms with Crippen LogP contribution < -0.4 is 9.04 Å².